The number of aromatic nitrogens is 2. The predicted molar refractivity (Wildman–Crippen MR) is 132 cm³/mol. The molecule has 0 bridgehead atoms. The number of sulfonamides is 1. The number of methoxy groups -OCH3 is 1. The standard InChI is InChI=1S/C26H23FN4O4S/c1-34-23-12-11-19(15-21(23)27)25-22(17-35-16-18-7-3-2-4-8-18)31(14-13-28)30-26(25)20-9-5-6-10-24(20)36(29,32)33/h2-12,15H,14,16-17H2,1H3,(H2,29,32,33). The Balaban J connectivity index is 1.91. The summed E-state index contributed by atoms with van der Waals surface area (Å²) in [6.07, 6.45) is 0. The summed E-state index contributed by atoms with van der Waals surface area (Å²) in [4.78, 5) is -0.140. The summed E-state index contributed by atoms with van der Waals surface area (Å²) in [5, 5.41) is 19.5. The largest absolute Gasteiger partial charge is 0.494 e. The van der Waals surface area contributed by atoms with Gasteiger partial charge in [-0.3, -0.25) is 4.68 Å². The van der Waals surface area contributed by atoms with Crippen molar-refractivity contribution in [3.8, 4) is 34.2 Å². The Kier molecular flexibility index (Phi) is 7.45. The lowest BCUT2D eigenvalue weighted by atomic mass is 9.98. The molecule has 3 aromatic carbocycles. The third-order valence-corrected chi connectivity index (χ3v) is 6.49. The zero-order chi connectivity index (χ0) is 25.7. The van der Waals surface area contributed by atoms with Crippen LogP contribution in [0, 0.1) is 17.1 Å². The highest BCUT2D eigenvalue weighted by molar-refractivity contribution is 7.89. The quantitative estimate of drug-likeness (QED) is 0.362. The molecule has 0 saturated carbocycles. The predicted octanol–water partition coefficient (Wildman–Crippen LogP) is 4.25. The van der Waals surface area contributed by atoms with E-state index in [0.29, 0.717) is 16.8 Å². The van der Waals surface area contributed by atoms with Crippen molar-refractivity contribution in [3.05, 3.63) is 89.9 Å². The number of halogens is 1. The number of primary sulfonamides is 1. The number of rotatable bonds is 9. The minimum absolute atomic E-state index is 0.0318. The first-order chi connectivity index (χ1) is 17.3. The van der Waals surface area contributed by atoms with Gasteiger partial charge in [-0.2, -0.15) is 10.4 Å². The molecule has 0 spiro atoms. The minimum Gasteiger partial charge on any atom is -0.494 e. The SMILES string of the molecule is COc1ccc(-c2c(-c3ccccc3S(N)(=O)=O)nn(CC#N)c2COCc2ccccc2)cc1F. The summed E-state index contributed by atoms with van der Waals surface area (Å²) in [6, 6.07) is 22.1. The Labute approximate surface area is 208 Å². The summed E-state index contributed by atoms with van der Waals surface area (Å²) in [6.45, 7) is 0.190. The van der Waals surface area contributed by atoms with Crippen LogP contribution in [0.3, 0.4) is 0 Å². The first-order valence-electron chi connectivity index (χ1n) is 10.9. The van der Waals surface area contributed by atoms with Gasteiger partial charge in [0.05, 0.1) is 37.0 Å². The molecule has 184 valence electrons. The molecule has 0 aliphatic rings. The summed E-state index contributed by atoms with van der Waals surface area (Å²) >= 11 is 0. The summed E-state index contributed by atoms with van der Waals surface area (Å²) < 4.78 is 51.9. The zero-order valence-electron chi connectivity index (χ0n) is 19.4. The van der Waals surface area contributed by atoms with Crippen molar-refractivity contribution < 1.29 is 22.3 Å². The normalized spacial score (nSPS) is 11.3. The third-order valence-electron chi connectivity index (χ3n) is 5.52. The Morgan fingerprint density at radius 2 is 1.78 bits per heavy atom. The highest BCUT2D eigenvalue weighted by Crippen LogP contribution is 2.39. The lowest BCUT2D eigenvalue weighted by Crippen LogP contribution is -2.13. The number of nitrogens with two attached hydrogens (primary N) is 1. The molecule has 0 unspecified atom stereocenters. The maximum atomic E-state index is 14.7. The van der Waals surface area contributed by atoms with Gasteiger partial charge < -0.3 is 9.47 Å². The molecular formula is C26H23FN4O4S. The third kappa shape index (κ3) is 5.28. The maximum absolute atomic E-state index is 14.7. The summed E-state index contributed by atoms with van der Waals surface area (Å²) in [5.74, 6) is -0.554. The van der Waals surface area contributed by atoms with E-state index in [9.17, 15) is 18.1 Å². The van der Waals surface area contributed by atoms with E-state index < -0.39 is 15.8 Å². The van der Waals surface area contributed by atoms with Crippen molar-refractivity contribution in [1.29, 1.82) is 5.26 Å². The van der Waals surface area contributed by atoms with Crippen LogP contribution in [0.2, 0.25) is 0 Å². The second-order valence-corrected chi connectivity index (χ2v) is 9.38. The Morgan fingerprint density at radius 1 is 1.06 bits per heavy atom. The molecule has 0 aliphatic carbocycles. The van der Waals surface area contributed by atoms with Gasteiger partial charge in [0.1, 0.15) is 12.2 Å². The van der Waals surface area contributed by atoms with Crippen LogP contribution >= 0.6 is 0 Å². The van der Waals surface area contributed by atoms with Crippen molar-refractivity contribution in [3.63, 3.8) is 0 Å². The molecule has 2 N–H and O–H groups in total. The second kappa shape index (κ2) is 10.7. The van der Waals surface area contributed by atoms with Crippen LogP contribution in [0.15, 0.2) is 77.7 Å². The van der Waals surface area contributed by atoms with E-state index in [1.807, 2.05) is 30.3 Å². The first kappa shape index (κ1) is 25.1. The van der Waals surface area contributed by atoms with Crippen LogP contribution < -0.4 is 9.88 Å². The van der Waals surface area contributed by atoms with Gasteiger partial charge >= 0.3 is 0 Å². The molecular weight excluding hydrogens is 483 g/mol. The van der Waals surface area contributed by atoms with E-state index in [0.717, 1.165) is 5.56 Å². The molecule has 0 fully saturated rings. The van der Waals surface area contributed by atoms with E-state index >= 15 is 0 Å². The van der Waals surface area contributed by atoms with Gasteiger partial charge in [-0.1, -0.05) is 54.6 Å². The fraction of sp³-hybridized carbons (Fsp3) is 0.154. The lowest BCUT2D eigenvalue weighted by Gasteiger charge is -2.12. The first-order valence-corrected chi connectivity index (χ1v) is 12.4. The van der Waals surface area contributed by atoms with Gasteiger partial charge in [0.15, 0.2) is 11.6 Å². The highest BCUT2D eigenvalue weighted by atomic mass is 32.2. The molecule has 0 radical (unpaired) electrons. The van der Waals surface area contributed by atoms with Crippen LogP contribution in [0.4, 0.5) is 4.39 Å². The van der Waals surface area contributed by atoms with E-state index in [4.69, 9.17) is 14.6 Å². The molecule has 4 rings (SSSR count). The van der Waals surface area contributed by atoms with Gasteiger partial charge in [0, 0.05) is 11.1 Å². The summed E-state index contributed by atoms with van der Waals surface area (Å²) in [7, 11) is -2.75. The van der Waals surface area contributed by atoms with Crippen LogP contribution in [0.1, 0.15) is 11.3 Å². The van der Waals surface area contributed by atoms with Gasteiger partial charge in [-0.05, 0) is 29.3 Å². The average Bonchev–Trinajstić information content (AvgIpc) is 3.22. The summed E-state index contributed by atoms with van der Waals surface area (Å²) in [5.41, 5.74) is 2.73. The van der Waals surface area contributed by atoms with Crippen LogP contribution in [-0.2, 0) is 34.5 Å². The number of benzene rings is 3. The van der Waals surface area contributed by atoms with Gasteiger partial charge in [0.25, 0.3) is 0 Å². The van der Waals surface area contributed by atoms with Crippen LogP contribution in [0.5, 0.6) is 5.75 Å². The molecule has 1 aromatic heterocycles. The number of hydrogen-bond acceptors (Lipinski definition) is 6. The number of hydrogen-bond donors (Lipinski definition) is 1. The fourth-order valence-electron chi connectivity index (χ4n) is 3.91. The Hall–Kier alpha value is -4.04. The molecule has 0 atom stereocenters. The van der Waals surface area contributed by atoms with E-state index in [2.05, 4.69) is 11.2 Å². The van der Waals surface area contributed by atoms with Gasteiger partial charge in [-0.25, -0.2) is 17.9 Å². The molecule has 1 heterocycles. The molecule has 10 heteroatoms. The molecule has 0 amide bonds. The number of ether oxygens (including phenoxy) is 2. The second-order valence-electron chi connectivity index (χ2n) is 7.85. The van der Waals surface area contributed by atoms with E-state index in [1.54, 1.807) is 24.3 Å². The maximum Gasteiger partial charge on any atom is 0.238 e. The highest BCUT2D eigenvalue weighted by Gasteiger charge is 2.26. The van der Waals surface area contributed by atoms with Crippen molar-refractivity contribution in [2.75, 3.05) is 7.11 Å². The van der Waals surface area contributed by atoms with E-state index in [-0.39, 0.29) is 41.7 Å². The van der Waals surface area contributed by atoms with Crippen LogP contribution in [0.25, 0.3) is 22.4 Å². The topological polar surface area (TPSA) is 120 Å². The molecule has 36 heavy (non-hydrogen) atoms. The molecule has 8 nitrogen and oxygen atoms in total. The van der Waals surface area contributed by atoms with Crippen molar-refractivity contribution in [2.24, 2.45) is 5.14 Å². The minimum atomic E-state index is -4.11. The monoisotopic (exact) mass is 506 g/mol. The van der Waals surface area contributed by atoms with Crippen molar-refractivity contribution in [2.45, 2.75) is 24.7 Å². The fourth-order valence-corrected chi connectivity index (χ4v) is 4.64. The average molecular weight is 507 g/mol. The smallest absolute Gasteiger partial charge is 0.238 e. The zero-order valence-corrected chi connectivity index (χ0v) is 20.2. The molecule has 0 aliphatic heterocycles. The van der Waals surface area contributed by atoms with Gasteiger partial charge in [0.2, 0.25) is 10.0 Å². The number of nitrogens with zero attached hydrogens (tertiary/aromatic N) is 3. The van der Waals surface area contributed by atoms with Crippen LogP contribution in [-0.4, -0.2) is 25.3 Å². The Morgan fingerprint density at radius 3 is 2.44 bits per heavy atom. The Bertz CT molecular complexity index is 1530. The molecule has 4 aromatic rings. The van der Waals surface area contributed by atoms with Crippen molar-refractivity contribution >= 4 is 10.0 Å². The molecule has 0 saturated heterocycles. The number of nitriles is 1. The van der Waals surface area contributed by atoms with Gasteiger partial charge in [-0.15, -0.1) is 0 Å². The van der Waals surface area contributed by atoms with E-state index in [1.165, 1.54) is 30.0 Å². The van der Waals surface area contributed by atoms with Crippen molar-refractivity contribution in [1.82, 2.24) is 9.78 Å². The lowest BCUT2D eigenvalue weighted by molar-refractivity contribution is 0.102.